The Labute approximate surface area is 165 Å². The Hall–Kier alpha value is -2.98. The zero-order valence-electron chi connectivity index (χ0n) is 14.6. The van der Waals surface area contributed by atoms with Gasteiger partial charge in [0.05, 0.1) is 6.07 Å². The number of carbonyl (C=O) groups is 1. The summed E-state index contributed by atoms with van der Waals surface area (Å²) in [4.78, 5) is 12.2. The molecular formula is C20H17BrN4O2. The summed E-state index contributed by atoms with van der Waals surface area (Å²) in [6, 6.07) is 16.4. The van der Waals surface area contributed by atoms with E-state index in [1.807, 2.05) is 43.3 Å². The summed E-state index contributed by atoms with van der Waals surface area (Å²) in [6.07, 6.45) is 0.461. The van der Waals surface area contributed by atoms with E-state index in [4.69, 9.17) is 4.42 Å². The van der Waals surface area contributed by atoms with Crippen molar-refractivity contribution in [1.82, 2.24) is 15.5 Å². The average molecular weight is 425 g/mol. The van der Waals surface area contributed by atoms with Crippen LogP contribution in [0, 0.1) is 18.3 Å². The topological polar surface area (TPSA) is 91.8 Å². The first kappa shape index (κ1) is 18.8. The van der Waals surface area contributed by atoms with Crippen LogP contribution in [-0.4, -0.2) is 16.1 Å². The van der Waals surface area contributed by atoms with E-state index < -0.39 is 6.04 Å². The molecule has 1 unspecified atom stereocenters. The van der Waals surface area contributed by atoms with Crippen molar-refractivity contribution < 1.29 is 9.21 Å². The second kappa shape index (κ2) is 8.60. The van der Waals surface area contributed by atoms with Crippen LogP contribution in [0.2, 0.25) is 0 Å². The molecule has 136 valence electrons. The average Bonchev–Trinajstić information content (AvgIpc) is 3.14. The number of amides is 1. The molecule has 0 spiro atoms. The van der Waals surface area contributed by atoms with Gasteiger partial charge < -0.3 is 9.73 Å². The van der Waals surface area contributed by atoms with Gasteiger partial charge in [-0.25, -0.2) is 0 Å². The summed E-state index contributed by atoms with van der Waals surface area (Å²) in [7, 11) is 0. The Kier molecular flexibility index (Phi) is 5.99. The second-order valence-corrected chi connectivity index (χ2v) is 6.97. The quantitative estimate of drug-likeness (QED) is 0.642. The minimum atomic E-state index is -0.708. The van der Waals surface area contributed by atoms with E-state index in [-0.39, 0.29) is 12.3 Å². The fraction of sp³-hybridized carbons (Fsp3) is 0.200. The zero-order chi connectivity index (χ0) is 19.2. The molecule has 3 rings (SSSR count). The van der Waals surface area contributed by atoms with Crippen molar-refractivity contribution in [3.63, 3.8) is 0 Å². The molecule has 1 atom stereocenters. The molecule has 2 aromatic carbocycles. The summed E-state index contributed by atoms with van der Waals surface area (Å²) >= 11 is 3.36. The number of rotatable bonds is 6. The van der Waals surface area contributed by atoms with Crippen molar-refractivity contribution in [3.8, 4) is 17.5 Å². The first-order valence-corrected chi connectivity index (χ1v) is 9.18. The molecule has 0 aliphatic rings. The monoisotopic (exact) mass is 424 g/mol. The van der Waals surface area contributed by atoms with Gasteiger partial charge in [0.15, 0.2) is 0 Å². The number of hydrogen-bond acceptors (Lipinski definition) is 5. The molecule has 1 N–H and O–H groups in total. The number of halogens is 1. The lowest BCUT2D eigenvalue weighted by molar-refractivity contribution is -0.121. The second-order valence-electron chi connectivity index (χ2n) is 6.05. The molecule has 6 nitrogen and oxygen atoms in total. The first-order chi connectivity index (χ1) is 13.0. The third-order valence-electron chi connectivity index (χ3n) is 3.95. The summed E-state index contributed by atoms with van der Waals surface area (Å²) in [5.74, 6) is 0.558. The van der Waals surface area contributed by atoms with Gasteiger partial charge in [0.2, 0.25) is 17.7 Å². The van der Waals surface area contributed by atoms with Gasteiger partial charge in [-0.15, -0.1) is 10.2 Å². The van der Waals surface area contributed by atoms with Gasteiger partial charge >= 0.3 is 0 Å². The maximum atomic E-state index is 12.2. The number of aromatic nitrogens is 2. The molecule has 0 bridgehead atoms. The number of aryl methyl sites for hydroxylation is 2. The smallest absolute Gasteiger partial charge is 0.247 e. The van der Waals surface area contributed by atoms with Gasteiger partial charge in [-0.3, -0.25) is 4.79 Å². The highest BCUT2D eigenvalue weighted by molar-refractivity contribution is 9.10. The molecule has 1 aromatic heterocycles. The van der Waals surface area contributed by atoms with E-state index >= 15 is 0 Å². The van der Waals surface area contributed by atoms with Crippen LogP contribution in [0.3, 0.4) is 0 Å². The Balaban J connectivity index is 1.57. The fourth-order valence-corrected chi connectivity index (χ4v) is 2.91. The normalized spacial score (nSPS) is 11.6. The van der Waals surface area contributed by atoms with Crippen LogP contribution in [0.1, 0.15) is 29.5 Å². The number of nitrogens with zero attached hydrogens (tertiary/aromatic N) is 3. The molecule has 7 heteroatoms. The molecular weight excluding hydrogens is 408 g/mol. The Bertz CT molecular complexity index is 976. The van der Waals surface area contributed by atoms with Gasteiger partial charge in [0.1, 0.15) is 6.04 Å². The molecule has 0 radical (unpaired) electrons. The van der Waals surface area contributed by atoms with Crippen molar-refractivity contribution in [1.29, 1.82) is 5.26 Å². The van der Waals surface area contributed by atoms with Crippen molar-refractivity contribution in [3.05, 3.63) is 70.0 Å². The molecule has 0 fully saturated rings. The first-order valence-electron chi connectivity index (χ1n) is 8.39. The van der Waals surface area contributed by atoms with Gasteiger partial charge in [0, 0.05) is 22.9 Å². The highest BCUT2D eigenvalue weighted by Gasteiger charge is 2.15. The number of hydrogen-bond donors (Lipinski definition) is 1. The molecule has 0 saturated carbocycles. The highest BCUT2D eigenvalue weighted by atomic mass is 79.9. The maximum absolute atomic E-state index is 12.2. The summed E-state index contributed by atoms with van der Waals surface area (Å²) in [5.41, 5.74) is 2.70. The van der Waals surface area contributed by atoms with E-state index in [9.17, 15) is 10.1 Å². The Morgan fingerprint density at radius 1 is 1.26 bits per heavy atom. The maximum Gasteiger partial charge on any atom is 0.247 e. The minimum Gasteiger partial charge on any atom is -0.421 e. The third kappa shape index (κ3) is 5.02. The van der Waals surface area contributed by atoms with Crippen molar-refractivity contribution >= 4 is 21.8 Å². The largest absolute Gasteiger partial charge is 0.421 e. The van der Waals surface area contributed by atoms with Crippen molar-refractivity contribution in [2.45, 2.75) is 25.8 Å². The molecule has 0 aliphatic heterocycles. The van der Waals surface area contributed by atoms with Crippen molar-refractivity contribution in [2.24, 2.45) is 0 Å². The van der Waals surface area contributed by atoms with E-state index in [1.54, 1.807) is 12.1 Å². The highest BCUT2D eigenvalue weighted by Crippen LogP contribution is 2.20. The van der Waals surface area contributed by atoms with Crippen LogP contribution in [0.4, 0.5) is 0 Å². The Morgan fingerprint density at radius 2 is 2.04 bits per heavy atom. The predicted molar refractivity (Wildman–Crippen MR) is 103 cm³/mol. The van der Waals surface area contributed by atoms with Crippen LogP contribution in [0.5, 0.6) is 0 Å². The molecule has 0 saturated heterocycles. The van der Waals surface area contributed by atoms with E-state index in [1.165, 1.54) is 0 Å². The Morgan fingerprint density at radius 3 is 2.74 bits per heavy atom. The van der Waals surface area contributed by atoms with Gasteiger partial charge in [-0.1, -0.05) is 45.8 Å². The third-order valence-corrected chi connectivity index (χ3v) is 4.44. The number of nitriles is 1. The fourth-order valence-electron chi connectivity index (χ4n) is 2.50. The van der Waals surface area contributed by atoms with Gasteiger partial charge in [0.25, 0.3) is 0 Å². The molecule has 3 aromatic rings. The van der Waals surface area contributed by atoms with Gasteiger partial charge in [-0.2, -0.15) is 5.26 Å². The summed E-state index contributed by atoms with van der Waals surface area (Å²) in [6.45, 7) is 2.00. The van der Waals surface area contributed by atoms with Crippen LogP contribution in [0.15, 0.2) is 57.4 Å². The lowest BCUT2D eigenvalue weighted by Gasteiger charge is -2.11. The molecule has 0 aliphatic carbocycles. The summed E-state index contributed by atoms with van der Waals surface area (Å²) < 4.78 is 6.47. The number of carbonyl (C=O) groups excluding carboxylic acids is 1. The zero-order valence-corrected chi connectivity index (χ0v) is 16.2. The molecule has 1 amide bonds. The van der Waals surface area contributed by atoms with E-state index in [2.05, 4.69) is 37.5 Å². The molecule has 1 heterocycles. The molecule has 27 heavy (non-hydrogen) atoms. The SMILES string of the molecule is Cc1ccc(-c2nnc(CCC(=O)NC(C#N)c3cccc(Br)c3)o2)cc1. The van der Waals surface area contributed by atoms with Crippen LogP contribution >= 0.6 is 15.9 Å². The van der Waals surface area contributed by atoms with Gasteiger partial charge in [-0.05, 0) is 36.8 Å². The van der Waals surface area contributed by atoms with E-state index in [0.29, 0.717) is 18.2 Å². The van der Waals surface area contributed by atoms with Crippen molar-refractivity contribution in [2.75, 3.05) is 0 Å². The van der Waals surface area contributed by atoms with Crippen LogP contribution < -0.4 is 5.32 Å². The standard InChI is InChI=1S/C20H17BrN4O2/c1-13-5-7-14(8-6-13)20-25-24-19(27-20)10-9-18(26)23-17(12-22)15-3-2-4-16(21)11-15/h2-8,11,17H,9-10H2,1H3,(H,23,26). The van der Waals surface area contributed by atoms with E-state index in [0.717, 1.165) is 21.2 Å². The van der Waals surface area contributed by atoms with Crippen LogP contribution in [0.25, 0.3) is 11.5 Å². The number of nitrogens with one attached hydrogen (secondary N) is 1. The lowest BCUT2D eigenvalue weighted by atomic mass is 10.1. The predicted octanol–water partition coefficient (Wildman–Crippen LogP) is 4.12. The minimum absolute atomic E-state index is 0.154. The lowest BCUT2D eigenvalue weighted by Crippen LogP contribution is -2.27. The number of benzene rings is 2. The summed E-state index contributed by atoms with van der Waals surface area (Å²) in [5, 5.41) is 20.1. The van der Waals surface area contributed by atoms with Crippen LogP contribution in [-0.2, 0) is 11.2 Å².